The molecule has 0 saturated carbocycles. The summed E-state index contributed by atoms with van der Waals surface area (Å²) < 4.78 is 0. The minimum Gasteiger partial charge on any atom is -0.372 e. The first kappa shape index (κ1) is 16.7. The molecular weight excluding hydrogens is 344 g/mol. The van der Waals surface area contributed by atoms with Crippen molar-refractivity contribution in [3.8, 4) is 21.1 Å². The Bertz CT molecular complexity index is 963. The standard InChI is InChI=1S/C19H20N6S/c1-12-18(26-19(22-12)13-5-4-9-21-11-13)15-6-7-16-17(23-15)14(24-20-2)8-10-25(16)3/h4-7,9,11,20H,8,10H2,1-3H3. The zero-order valence-corrected chi connectivity index (χ0v) is 15.8. The largest absolute Gasteiger partial charge is 0.372 e. The monoisotopic (exact) mass is 364 g/mol. The number of hydrogen-bond donors (Lipinski definition) is 1. The van der Waals surface area contributed by atoms with Crippen LogP contribution in [0.3, 0.4) is 0 Å². The quantitative estimate of drug-likeness (QED) is 0.722. The summed E-state index contributed by atoms with van der Waals surface area (Å²) in [6.07, 6.45) is 4.49. The smallest absolute Gasteiger partial charge is 0.125 e. The van der Waals surface area contributed by atoms with E-state index in [1.165, 1.54) is 0 Å². The number of rotatable bonds is 3. The summed E-state index contributed by atoms with van der Waals surface area (Å²) in [6, 6.07) is 8.16. The average molecular weight is 364 g/mol. The molecule has 0 atom stereocenters. The van der Waals surface area contributed by atoms with Crippen molar-refractivity contribution in [2.45, 2.75) is 13.3 Å². The molecule has 0 bridgehead atoms. The molecule has 4 heterocycles. The Balaban J connectivity index is 1.79. The molecule has 0 amide bonds. The van der Waals surface area contributed by atoms with E-state index in [9.17, 15) is 0 Å². The van der Waals surface area contributed by atoms with Crippen LogP contribution in [-0.2, 0) is 0 Å². The third-order valence-electron chi connectivity index (χ3n) is 4.43. The van der Waals surface area contributed by atoms with Gasteiger partial charge < -0.3 is 10.3 Å². The number of pyridine rings is 2. The first-order valence-corrected chi connectivity index (χ1v) is 9.33. The van der Waals surface area contributed by atoms with E-state index >= 15 is 0 Å². The lowest BCUT2D eigenvalue weighted by Gasteiger charge is -2.27. The molecule has 0 radical (unpaired) electrons. The normalized spacial score (nSPS) is 15.2. The van der Waals surface area contributed by atoms with Gasteiger partial charge in [-0.05, 0) is 31.2 Å². The van der Waals surface area contributed by atoms with E-state index in [2.05, 4.69) is 39.6 Å². The Morgan fingerprint density at radius 2 is 2.12 bits per heavy atom. The van der Waals surface area contributed by atoms with Gasteiger partial charge in [-0.3, -0.25) is 4.98 Å². The maximum absolute atomic E-state index is 4.94. The molecule has 132 valence electrons. The molecule has 0 fully saturated rings. The molecule has 7 heteroatoms. The highest BCUT2D eigenvalue weighted by atomic mass is 32.1. The minimum absolute atomic E-state index is 0.878. The van der Waals surface area contributed by atoms with Gasteiger partial charge in [-0.1, -0.05) is 0 Å². The average Bonchev–Trinajstić information content (AvgIpc) is 3.06. The van der Waals surface area contributed by atoms with Crippen LogP contribution in [0.25, 0.3) is 21.1 Å². The molecule has 1 aliphatic rings. The van der Waals surface area contributed by atoms with Crippen molar-refractivity contribution >= 4 is 22.7 Å². The Labute approximate surface area is 156 Å². The minimum atomic E-state index is 0.878. The van der Waals surface area contributed by atoms with Crippen LogP contribution in [0.5, 0.6) is 0 Å². The summed E-state index contributed by atoms with van der Waals surface area (Å²) in [7, 11) is 3.91. The summed E-state index contributed by atoms with van der Waals surface area (Å²) in [5.74, 6) is 0. The number of hydrogen-bond acceptors (Lipinski definition) is 7. The Morgan fingerprint density at radius 3 is 2.88 bits per heavy atom. The van der Waals surface area contributed by atoms with Crippen molar-refractivity contribution in [1.29, 1.82) is 0 Å². The second-order valence-electron chi connectivity index (χ2n) is 6.19. The summed E-state index contributed by atoms with van der Waals surface area (Å²) in [5, 5.41) is 5.39. The summed E-state index contributed by atoms with van der Waals surface area (Å²) in [5.41, 5.74) is 8.91. The van der Waals surface area contributed by atoms with Gasteiger partial charge in [0.25, 0.3) is 0 Å². The first-order chi connectivity index (χ1) is 12.7. The van der Waals surface area contributed by atoms with Crippen LogP contribution in [0.4, 0.5) is 5.69 Å². The SMILES string of the molecule is CNN=C1CCN(C)c2ccc(-c3sc(-c4cccnc4)nc3C)nc21. The molecule has 26 heavy (non-hydrogen) atoms. The van der Waals surface area contributed by atoms with Gasteiger partial charge in [-0.2, -0.15) is 5.10 Å². The first-order valence-electron chi connectivity index (χ1n) is 8.51. The Hall–Kier alpha value is -2.80. The van der Waals surface area contributed by atoms with Gasteiger partial charge in [0.1, 0.15) is 10.7 Å². The summed E-state index contributed by atoms with van der Waals surface area (Å²) in [4.78, 5) is 17.2. The fourth-order valence-electron chi connectivity index (χ4n) is 3.10. The fourth-order valence-corrected chi connectivity index (χ4v) is 4.13. The van der Waals surface area contributed by atoms with Gasteiger partial charge >= 0.3 is 0 Å². The van der Waals surface area contributed by atoms with Crippen molar-refractivity contribution in [3.05, 3.63) is 48.0 Å². The van der Waals surface area contributed by atoms with Gasteiger partial charge in [0.2, 0.25) is 0 Å². The summed E-state index contributed by atoms with van der Waals surface area (Å²) >= 11 is 1.65. The van der Waals surface area contributed by atoms with Crippen LogP contribution in [0.15, 0.2) is 41.8 Å². The van der Waals surface area contributed by atoms with E-state index in [0.29, 0.717) is 0 Å². The van der Waals surface area contributed by atoms with Crippen LogP contribution >= 0.6 is 11.3 Å². The van der Waals surface area contributed by atoms with Gasteiger partial charge in [0.05, 0.1) is 27.7 Å². The molecule has 3 aromatic rings. The number of aryl methyl sites for hydroxylation is 1. The van der Waals surface area contributed by atoms with E-state index in [4.69, 9.17) is 9.97 Å². The molecular formula is C19H20N6S. The second kappa shape index (κ2) is 6.84. The predicted octanol–water partition coefficient (Wildman–Crippen LogP) is 3.34. The molecule has 3 aromatic heterocycles. The van der Waals surface area contributed by atoms with Crippen LogP contribution in [0.1, 0.15) is 17.8 Å². The topological polar surface area (TPSA) is 66.3 Å². The molecule has 1 N–H and O–H groups in total. The molecule has 0 aromatic carbocycles. The molecule has 0 spiro atoms. The third-order valence-corrected chi connectivity index (χ3v) is 5.66. The van der Waals surface area contributed by atoms with Crippen molar-refractivity contribution < 1.29 is 0 Å². The molecule has 4 rings (SSSR count). The fraction of sp³-hybridized carbons (Fsp3) is 0.263. The number of nitrogens with one attached hydrogen (secondary N) is 1. The maximum Gasteiger partial charge on any atom is 0.125 e. The van der Waals surface area contributed by atoms with Crippen molar-refractivity contribution in [2.24, 2.45) is 5.10 Å². The van der Waals surface area contributed by atoms with E-state index in [0.717, 1.165) is 56.9 Å². The van der Waals surface area contributed by atoms with Crippen molar-refractivity contribution in [2.75, 3.05) is 25.5 Å². The van der Waals surface area contributed by atoms with Crippen LogP contribution in [0.2, 0.25) is 0 Å². The zero-order chi connectivity index (χ0) is 18.1. The zero-order valence-electron chi connectivity index (χ0n) is 15.0. The van der Waals surface area contributed by atoms with E-state index in [-0.39, 0.29) is 0 Å². The highest BCUT2D eigenvalue weighted by Crippen LogP contribution is 2.36. The van der Waals surface area contributed by atoms with Crippen LogP contribution < -0.4 is 10.3 Å². The summed E-state index contributed by atoms with van der Waals surface area (Å²) in [6.45, 7) is 2.97. The number of nitrogens with zero attached hydrogens (tertiary/aromatic N) is 5. The van der Waals surface area contributed by atoms with Crippen LogP contribution in [0, 0.1) is 6.92 Å². The Morgan fingerprint density at radius 1 is 1.23 bits per heavy atom. The van der Waals surface area contributed by atoms with E-state index in [1.54, 1.807) is 17.5 Å². The lowest BCUT2D eigenvalue weighted by atomic mass is 10.0. The van der Waals surface area contributed by atoms with E-state index < -0.39 is 0 Å². The van der Waals surface area contributed by atoms with Crippen molar-refractivity contribution in [3.63, 3.8) is 0 Å². The number of thiazole rings is 1. The van der Waals surface area contributed by atoms with Crippen molar-refractivity contribution in [1.82, 2.24) is 20.4 Å². The lowest BCUT2D eigenvalue weighted by Crippen LogP contribution is -2.30. The molecule has 0 aliphatic carbocycles. The van der Waals surface area contributed by atoms with Gasteiger partial charge in [-0.15, -0.1) is 11.3 Å². The maximum atomic E-state index is 4.94. The second-order valence-corrected chi connectivity index (χ2v) is 7.19. The number of anilines is 1. The van der Waals surface area contributed by atoms with Gasteiger partial charge in [-0.25, -0.2) is 9.97 Å². The number of hydrazone groups is 1. The van der Waals surface area contributed by atoms with Gasteiger partial charge in [0, 0.05) is 45.0 Å². The lowest BCUT2D eigenvalue weighted by molar-refractivity contribution is 0.844. The molecule has 0 saturated heterocycles. The van der Waals surface area contributed by atoms with E-state index in [1.807, 2.05) is 32.3 Å². The molecule has 6 nitrogen and oxygen atoms in total. The highest BCUT2D eigenvalue weighted by molar-refractivity contribution is 7.18. The predicted molar refractivity (Wildman–Crippen MR) is 107 cm³/mol. The third kappa shape index (κ3) is 2.94. The van der Waals surface area contributed by atoms with Crippen LogP contribution in [-0.4, -0.2) is 41.3 Å². The number of fused-ring (bicyclic) bond motifs is 1. The molecule has 0 unspecified atom stereocenters. The highest BCUT2D eigenvalue weighted by Gasteiger charge is 2.23. The molecule has 1 aliphatic heterocycles. The number of aromatic nitrogens is 3. The Kier molecular flexibility index (Phi) is 4.38. The van der Waals surface area contributed by atoms with Gasteiger partial charge in [0.15, 0.2) is 0 Å².